The van der Waals surface area contributed by atoms with E-state index in [1.807, 2.05) is 19.1 Å². The predicted octanol–water partition coefficient (Wildman–Crippen LogP) is 7.70. The number of anilines is 1. The number of nitrogens with zero attached hydrogens (tertiary/aromatic N) is 2. The summed E-state index contributed by atoms with van der Waals surface area (Å²) in [7, 11) is 1.54. The predicted molar refractivity (Wildman–Crippen MR) is 186 cm³/mol. The summed E-state index contributed by atoms with van der Waals surface area (Å²) in [5.74, 6) is -1.42. The standard InChI is InChI=1S/C35H29Br3N2O6/c1-3-18-12-21(36)13-24-27(35(44)46-17-31(41)20-6-10-23(45-2)11-7-20)16-30(39-32(18)24)19-4-8-22(9-5-19)40-33(42)25-14-28(37)29(38)15-26(25)34(40)43/h4-13,16,25-26,28-29H,3,14-15,17H2,1-2H3. The van der Waals surface area contributed by atoms with Gasteiger partial charge in [0.2, 0.25) is 11.8 Å². The maximum absolute atomic E-state index is 13.5. The fraction of sp³-hybridized carbons (Fsp3) is 0.286. The Kier molecular flexibility index (Phi) is 9.45. The summed E-state index contributed by atoms with van der Waals surface area (Å²) in [6.45, 7) is 1.58. The molecule has 1 aliphatic carbocycles. The van der Waals surface area contributed by atoms with Gasteiger partial charge in [-0.3, -0.25) is 19.3 Å². The van der Waals surface area contributed by atoms with Crippen molar-refractivity contribution in [3.8, 4) is 17.0 Å². The van der Waals surface area contributed by atoms with E-state index >= 15 is 0 Å². The highest BCUT2D eigenvalue weighted by atomic mass is 79.9. The number of imide groups is 1. The molecule has 1 saturated heterocycles. The Hall–Kier alpha value is -3.41. The molecule has 0 N–H and O–H groups in total. The molecule has 4 unspecified atom stereocenters. The number of alkyl halides is 2. The Labute approximate surface area is 291 Å². The molecule has 2 fully saturated rings. The fourth-order valence-corrected chi connectivity index (χ4v) is 7.89. The lowest BCUT2D eigenvalue weighted by Crippen LogP contribution is -2.34. The van der Waals surface area contributed by atoms with Crippen molar-refractivity contribution in [1.29, 1.82) is 0 Å². The van der Waals surface area contributed by atoms with Gasteiger partial charge in [-0.1, -0.05) is 66.8 Å². The van der Waals surface area contributed by atoms with E-state index in [1.54, 1.807) is 61.7 Å². The summed E-state index contributed by atoms with van der Waals surface area (Å²) in [4.78, 5) is 59.5. The molecule has 2 amide bonds. The normalized spacial score (nSPS) is 20.9. The molecule has 6 rings (SSSR count). The number of methoxy groups -OCH3 is 1. The molecule has 3 aromatic carbocycles. The van der Waals surface area contributed by atoms with Crippen molar-refractivity contribution in [1.82, 2.24) is 4.98 Å². The van der Waals surface area contributed by atoms with E-state index in [1.165, 1.54) is 4.90 Å². The van der Waals surface area contributed by atoms with Crippen LogP contribution in [-0.4, -0.2) is 51.9 Å². The van der Waals surface area contributed by atoms with Gasteiger partial charge in [0.05, 0.1) is 41.4 Å². The molecule has 11 heteroatoms. The van der Waals surface area contributed by atoms with Crippen LogP contribution in [0.2, 0.25) is 0 Å². The zero-order valence-corrected chi connectivity index (χ0v) is 29.7. The summed E-state index contributed by atoms with van der Waals surface area (Å²) in [5.41, 5.74) is 3.95. The SMILES string of the molecule is CCc1cc(Br)cc2c(C(=O)OCC(=O)c3ccc(OC)cc3)cc(-c3ccc(N4C(=O)C5CC(Br)C(Br)CC5C4=O)cc3)nc12. The number of Topliss-reactive ketones (excluding diaryl/α,β-unsaturated/α-hetero) is 1. The number of halogens is 3. The summed E-state index contributed by atoms with van der Waals surface area (Å²) >= 11 is 10.8. The second kappa shape index (κ2) is 13.4. The van der Waals surface area contributed by atoms with Crippen molar-refractivity contribution in [2.45, 2.75) is 35.8 Å². The quantitative estimate of drug-likeness (QED) is 0.0778. The minimum atomic E-state index is -0.654. The third-order valence-electron chi connectivity index (χ3n) is 8.64. The molecule has 1 saturated carbocycles. The van der Waals surface area contributed by atoms with Gasteiger partial charge >= 0.3 is 5.97 Å². The van der Waals surface area contributed by atoms with Crippen LogP contribution >= 0.6 is 47.8 Å². The van der Waals surface area contributed by atoms with Gasteiger partial charge in [-0.2, -0.15) is 0 Å². The van der Waals surface area contributed by atoms with Crippen molar-refractivity contribution >= 4 is 87.9 Å². The first-order valence-corrected chi connectivity index (χ1v) is 17.5. The van der Waals surface area contributed by atoms with E-state index in [9.17, 15) is 19.2 Å². The van der Waals surface area contributed by atoms with Crippen LogP contribution in [0.15, 0.2) is 71.2 Å². The second-order valence-electron chi connectivity index (χ2n) is 11.4. The Morgan fingerprint density at radius 3 is 2.13 bits per heavy atom. The van der Waals surface area contributed by atoms with E-state index in [0.29, 0.717) is 58.4 Å². The number of benzene rings is 3. The number of ketones is 1. The summed E-state index contributed by atoms with van der Waals surface area (Å²) < 4.78 is 11.5. The highest BCUT2D eigenvalue weighted by molar-refractivity contribution is 9.12. The smallest absolute Gasteiger partial charge is 0.339 e. The van der Waals surface area contributed by atoms with E-state index in [4.69, 9.17) is 14.5 Å². The van der Waals surface area contributed by atoms with Gasteiger partial charge in [-0.25, -0.2) is 9.78 Å². The largest absolute Gasteiger partial charge is 0.497 e. The van der Waals surface area contributed by atoms with Crippen LogP contribution < -0.4 is 9.64 Å². The lowest BCUT2D eigenvalue weighted by atomic mass is 9.81. The number of ether oxygens (including phenoxy) is 2. The first-order chi connectivity index (χ1) is 22.1. The van der Waals surface area contributed by atoms with Gasteiger partial charge in [0.25, 0.3) is 0 Å². The maximum Gasteiger partial charge on any atom is 0.339 e. The molecule has 4 atom stereocenters. The van der Waals surface area contributed by atoms with Crippen LogP contribution in [0.4, 0.5) is 5.69 Å². The van der Waals surface area contributed by atoms with Gasteiger partial charge in [0.15, 0.2) is 12.4 Å². The Morgan fingerprint density at radius 1 is 0.913 bits per heavy atom. The van der Waals surface area contributed by atoms with Crippen molar-refractivity contribution in [3.63, 3.8) is 0 Å². The number of esters is 1. The second-order valence-corrected chi connectivity index (χ2v) is 14.6. The third kappa shape index (κ3) is 6.16. The molecule has 1 aliphatic heterocycles. The van der Waals surface area contributed by atoms with Crippen LogP contribution in [0.25, 0.3) is 22.2 Å². The van der Waals surface area contributed by atoms with Crippen LogP contribution in [0, 0.1) is 11.8 Å². The van der Waals surface area contributed by atoms with E-state index in [0.717, 1.165) is 10.0 Å². The molecule has 1 aromatic heterocycles. The zero-order valence-electron chi connectivity index (χ0n) is 25.0. The Bertz CT molecular complexity index is 1830. The van der Waals surface area contributed by atoms with Crippen molar-refractivity contribution in [3.05, 3.63) is 87.9 Å². The van der Waals surface area contributed by atoms with Gasteiger partial charge < -0.3 is 9.47 Å². The molecule has 236 valence electrons. The van der Waals surface area contributed by atoms with Gasteiger partial charge in [0.1, 0.15) is 5.75 Å². The molecule has 0 bridgehead atoms. The highest BCUT2D eigenvalue weighted by Gasteiger charge is 2.52. The first-order valence-electron chi connectivity index (χ1n) is 14.8. The number of hydrogen-bond acceptors (Lipinski definition) is 7. The number of carbonyl (C=O) groups is 4. The lowest BCUT2D eigenvalue weighted by molar-refractivity contribution is -0.122. The van der Waals surface area contributed by atoms with Crippen LogP contribution in [0.5, 0.6) is 5.75 Å². The minimum Gasteiger partial charge on any atom is -0.497 e. The summed E-state index contributed by atoms with van der Waals surface area (Å²) in [6.07, 6.45) is 1.87. The average Bonchev–Trinajstić information content (AvgIpc) is 3.30. The zero-order chi connectivity index (χ0) is 32.7. The number of rotatable bonds is 8. The summed E-state index contributed by atoms with van der Waals surface area (Å²) in [5, 5.41) is 0.597. The molecule has 4 aromatic rings. The molecule has 0 radical (unpaired) electrons. The van der Waals surface area contributed by atoms with Crippen molar-refractivity contribution < 1.29 is 28.7 Å². The molecule has 0 spiro atoms. The molecule has 2 aliphatic rings. The number of pyridine rings is 1. The van der Waals surface area contributed by atoms with E-state index in [-0.39, 0.29) is 44.7 Å². The Morgan fingerprint density at radius 2 is 1.54 bits per heavy atom. The lowest BCUT2D eigenvalue weighted by Gasteiger charge is -2.29. The molecular formula is C35H29Br3N2O6. The maximum atomic E-state index is 13.5. The van der Waals surface area contributed by atoms with E-state index in [2.05, 4.69) is 47.8 Å². The van der Waals surface area contributed by atoms with E-state index < -0.39 is 12.6 Å². The molecule has 2 heterocycles. The monoisotopic (exact) mass is 810 g/mol. The van der Waals surface area contributed by atoms with Crippen LogP contribution in [0.1, 0.15) is 46.0 Å². The molecular weight excluding hydrogens is 784 g/mol. The Balaban J connectivity index is 1.30. The first kappa shape index (κ1) is 32.5. The minimum absolute atomic E-state index is 0.127. The average molecular weight is 813 g/mol. The fourth-order valence-electron chi connectivity index (χ4n) is 6.15. The number of amides is 2. The van der Waals surface area contributed by atoms with Crippen LogP contribution in [0.3, 0.4) is 0 Å². The third-order valence-corrected chi connectivity index (χ3v) is 11.8. The molecule has 46 heavy (non-hydrogen) atoms. The van der Waals surface area contributed by atoms with Crippen LogP contribution in [-0.2, 0) is 20.7 Å². The van der Waals surface area contributed by atoms with Gasteiger partial charge in [-0.05, 0) is 79.4 Å². The number of fused-ring (bicyclic) bond motifs is 2. The van der Waals surface area contributed by atoms with Gasteiger partial charge in [-0.15, -0.1) is 0 Å². The van der Waals surface area contributed by atoms with Gasteiger partial charge in [0, 0.05) is 30.6 Å². The van der Waals surface area contributed by atoms with Crippen molar-refractivity contribution in [2.24, 2.45) is 11.8 Å². The summed E-state index contributed by atoms with van der Waals surface area (Å²) in [6, 6.07) is 19.1. The molecule has 8 nitrogen and oxygen atoms in total. The number of carbonyl (C=O) groups excluding carboxylic acids is 4. The topological polar surface area (TPSA) is 103 Å². The number of hydrogen-bond donors (Lipinski definition) is 0. The van der Waals surface area contributed by atoms with Crippen molar-refractivity contribution in [2.75, 3.05) is 18.6 Å². The number of aryl methyl sites for hydroxylation is 1. The highest BCUT2D eigenvalue weighted by Crippen LogP contribution is 2.44. The number of aromatic nitrogens is 1.